The SMILES string of the molecule is O=C(CCc1ccc(Cl)s1)NCC(C(=O)O)c1ccc(F)cc1. The maximum absolute atomic E-state index is 12.9. The topological polar surface area (TPSA) is 66.4 Å². The average molecular weight is 356 g/mol. The van der Waals surface area contributed by atoms with E-state index >= 15 is 0 Å². The Bertz CT molecular complexity index is 687. The summed E-state index contributed by atoms with van der Waals surface area (Å²) in [4.78, 5) is 24.2. The minimum absolute atomic E-state index is 0.0367. The van der Waals surface area contributed by atoms with Crippen LogP contribution in [-0.2, 0) is 16.0 Å². The Kier molecular flexibility index (Phi) is 6.12. The van der Waals surface area contributed by atoms with Gasteiger partial charge in [0.1, 0.15) is 5.82 Å². The smallest absolute Gasteiger partial charge is 0.312 e. The molecule has 1 aromatic heterocycles. The molecule has 0 spiro atoms. The predicted octanol–water partition coefficient (Wildman–Crippen LogP) is 3.46. The van der Waals surface area contributed by atoms with Gasteiger partial charge in [0.25, 0.3) is 0 Å². The summed E-state index contributed by atoms with van der Waals surface area (Å²) in [6.45, 7) is -0.0367. The van der Waals surface area contributed by atoms with Crippen LogP contribution in [0.1, 0.15) is 22.8 Å². The van der Waals surface area contributed by atoms with Gasteiger partial charge in [-0.05, 0) is 36.2 Å². The monoisotopic (exact) mass is 355 g/mol. The lowest BCUT2D eigenvalue weighted by Crippen LogP contribution is -2.31. The zero-order valence-electron chi connectivity index (χ0n) is 12.1. The number of halogens is 2. The molecule has 4 nitrogen and oxygen atoms in total. The molecular weight excluding hydrogens is 341 g/mol. The molecule has 1 amide bonds. The van der Waals surface area contributed by atoms with Crippen LogP contribution in [0.2, 0.25) is 4.34 Å². The standard InChI is InChI=1S/C16H15ClFNO3S/c17-14-7-5-12(23-14)6-8-15(20)19-9-13(16(21)22)10-1-3-11(18)4-2-10/h1-5,7,13H,6,8-9H2,(H,19,20)(H,21,22). The number of hydrogen-bond acceptors (Lipinski definition) is 3. The highest BCUT2D eigenvalue weighted by Crippen LogP contribution is 2.22. The molecular formula is C16H15ClFNO3S. The molecule has 0 bridgehead atoms. The second-order valence-corrected chi connectivity index (χ2v) is 6.75. The van der Waals surface area contributed by atoms with Crippen LogP contribution in [0.4, 0.5) is 4.39 Å². The molecule has 0 saturated heterocycles. The van der Waals surface area contributed by atoms with Crippen molar-refractivity contribution in [2.75, 3.05) is 6.54 Å². The summed E-state index contributed by atoms with van der Waals surface area (Å²) in [7, 11) is 0. The number of thiophene rings is 1. The van der Waals surface area contributed by atoms with Gasteiger partial charge in [-0.25, -0.2) is 4.39 Å². The third kappa shape index (κ3) is 5.33. The number of carboxylic acid groups (broad SMARTS) is 1. The molecule has 0 radical (unpaired) electrons. The molecule has 1 heterocycles. The Hall–Kier alpha value is -1.92. The first-order valence-electron chi connectivity index (χ1n) is 6.95. The molecule has 1 aromatic carbocycles. The Morgan fingerprint density at radius 3 is 2.48 bits per heavy atom. The number of aryl methyl sites for hydroxylation is 1. The summed E-state index contributed by atoms with van der Waals surface area (Å²) in [6.07, 6.45) is 0.810. The maximum atomic E-state index is 12.9. The van der Waals surface area contributed by atoms with E-state index in [0.717, 1.165) is 4.88 Å². The minimum Gasteiger partial charge on any atom is -0.481 e. The Labute approximate surface area is 141 Å². The molecule has 2 N–H and O–H groups in total. The fourth-order valence-corrected chi connectivity index (χ4v) is 3.16. The van der Waals surface area contributed by atoms with Crippen molar-refractivity contribution in [1.29, 1.82) is 0 Å². The fraction of sp³-hybridized carbons (Fsp3) is 0.250. The molecule has 0 aliphatic rings. The second-order valence-electron chi connectivity index (χ2n) is 4.95. The molecule has 2 aromatic rings. The summed E-state index contributed by atoms with van der Waals surface area (Å²) in [5.41, 5.74) is 0.448. The molecule has 2 rings (SSSR count). The number of rotatable bonds is 7. The zero-order valence-corrected chi connectivity index (χ0v) is 13.7. The van der Waals surface area contributed by atoms with Crippen LogP contribution in [0.25, 0.3) is 0 Å². The second kappa shape index (κ2) is 8.08. The number of aliphatic carboxylic acids is 1. The van der Waals surface area contributed by atoms with Gasteiger partial charge >= 0.3 is 5.97 Å². The van der Waals surface area contributed by atoms with Crippen molar-refractivity contribution in [3.8, 4) is 0 Å². The van der Waals surface area contributed by atoms with Gasteiger partial charge in [-0.2, -0.15) is 0 Å². The molecule has 0 fully saturated rings. The van der Waals surface area contributed by atoms with E-state index in [9.17, 15) is 19.1 Å². The molecule has 7 heteroatoms. The number of benzene rings is 1. The molecule has 0 saturated carbocycles. The van der Waals surface area contributed by atoms with Crippen LogP contribution in [0, 0.1) is 5.82 Å². The van der Waals surface area contributed by atoms with Gasteiger partial charge in [0.05, 0.1) is 10.3 Å². The van der Waals surface area contributed by atoms with Gasteiger partial charge in [0.2, 0.25) is 5.91 Å². The van der Waals surface area contributed by atoms with E-state index in [-0.39, 0.29) is 18.9 Å². The van der Waals surface area contributed by atoms with Gasteiger partial charge in [0, 0.05) is 17.8 Å². The maximum Gasteiger partial charge on any atom is 0.312 e. The van der Waals surface area contributed by atoms with Crippen molar-refractivity contribution in [2.45, 2.75) is 18.8 Å². The highest BCUT2D eigenvalue weighted by Gasteiger charge is 2.20. The molecule has 23 heavy (non-hydrogen) atoms. The Morgan fingerprint density at radius 1 is 1.22 bits per heavy atom. The first kappa shape index (κ1) is 17.4. The van der Waals surface area contributed by atoms with Gasteiger partial charge < -0.3 is 10.4 Å². The number of carbonyl (C=O) groups is 2. The van der Waals surface area contributed by atoms with E-state index < -0.39 is 17.7 Å². The van der Waals surface area contributed by atoms with E-state index in [2.05, 4.69) is 5.32 Å². The van der Waals surface area contributed by atoms with Crippen molar-refractivity contribution >= 4 is 34.8 Å². The molecule has 122 valence electrons. The van der Waals surface area contributed by atoms with Crippen molar-refractivity contribution < 1.29 is 19.1 Å². The Balaban J connectivity index is 1.87. The lowest BCUT2D eigenvalue weighted by atomic mass is 9.99. The van der Waals surface area contributed by atoms with Gasteiger partial charge in [-0.3, -0.25) is 9.59 Å². The van der Waals surface area contributed by atoms with E-state index in [4.69, 9.17) is 11.6 Å². The van der Waals surface area contributed by atoms with E-state index in [1.165, 1.54) is 35.6 Å². The summed E-state index contributed by atoms with van der Waals surface area (Å²) < 4.78 is 13.6. The highest BCUT2D eigenvalue weighted by atomic mass is 35.5. The highest BCUT2D eigenvalue weighted by molar-refractivity contribution is 7.16. The summed E-state index contributed by atoms with van der Waals surface area (Å²) in [5, 5.41) is 11.9. The summed E-state index contributed by atoms with van der Waals surface area (Å²) in [5.74, 6) is -2.64. The Morgan fingerprint density at radius 2 is 1.91 bits per heavy atom. The first-order chi connectivity index (χ1) is 11.0. The minimum atomic E-state index is -1.07. The molecule has 1 atom stereocenters. The van der Waals surface area contributed by atoms with Gasteiger partial charge in [-0.15, -0.1) is 11.3 Å². The van der Waals surface area contributed by atoms with Crippen LogP contribution < -0.4 is 5.32 Å². The molecule has 1 unspecified atom stereocenters. The van der Waals surface area contributed by atoms with Crippen molar-refractivity contribution in [2.24, 2.45) is 0 Å². The van der Waals surface area contributed by atoms with Crippen LogP contribution >= 0.6 is 22.9 Å². The zero-order chi connectivity index (χ0) is 16.8. The number of carboxylic acids is 1. The van der Waals surface area contributed by atoms with Crippen molar-refractivity contribution in [1.82, 2.24) is 5.32 Å². The third-order valence-electron chi connectivity index (χ3n) is 3.30. The van der Waals surface area contributed by atoms with E-state index in [1.807, 2.05) is 6.07 Å². The lowest BCUT2D eigenvalue weighted by molar-refractivity contribution is -0.138. The predicted molar refractivity (Wildman–Crippen MR) is 87.4 cm³/mol. The molecule has 0 aliphatic carbocycles. The van der Waals surface area contributed by atoms with Crippen molar-refractivity contribution in [3.05, 3.63) is 57.0 Å². The molecule has 0 aliphatic heterocycles. The number of carbonyl (C=O) groups excluding carboxylic acids is 1. The van der Waals surface area contributed by atoms with E-state index in [0.29, 0.717) is 16.3 Å². The van der Waals surface area contributed by atoms with Crippen LogP contribution in [0.15, 0.2) is 36.4 Å². The van der Waals surface area contributed by atoms with Crippen LogP contribution in [-0.4, -0.2) is 23.5 Å². The summed E-state index contributed by atoms with van der Waals surface area (Å²) >= 11 is 7.23. The summed E-state index contributed by atoms with van der Waals surface area (Å²) in [6, 6.07) is 8.86. The third-order valence-corrected chi connectivity index (χ3v) is 4.59. The average Bonchev–Trinajstić information content (AvgIpc) is 2.92. The number of amides is 1. The van der Waals surface area contributed by atoms with E-state index in [1.54, 1.807) is 6.07 Å². The fourth-order valence-electron chi connectivity index (χ4n) is 2.07. The quantitative estimate of drug-likeness (QED) is 0.799. The largest absolute Gasteiger partial charge is 0.481 e. The van der Waals surface area contributed by atoms with Gasteiger partial charge in [0.15, 0.2) is 0 Å². The van der Waals surface area contributed by atoms with Crippen LogP contribution in [0.5, 0.6) is 0 Å². The number of hydrogen-bond donors (Lipinski definition) is 2. The first-order valence-corrected chi connectivity index (χ1v) is 8.14. The van der Waals surface area contributed by atoms with Crippen LogP contribution in [0.3, 0.4) is 0 Å². The van der Waals surface area contributed by atoms with Crippen molar-refractivity contribution in [3.63, 3.8) is 0 Å². The normalized spacial score (nSPS) is 11.9. The number of nitrogens with one attached hydrogen (secondary N) is 1. The van der Waals surface area contributed by atoms with Gasteiger partial charge in [-0.1, -0.05) is 23.7 Å². The lowest BCUT2D eigenvalue weighted by Gasteiger charge is -2.13.